The van der Waals surface area contributed by atoms with Gasteiger partial charge in [0, 0.05) is 12.6 Å². The van der Waals surface area contributed by atoms with Crippen LogP contribution in [-0.2, 0) is 0 Å². The number of rotatable bonds is 6. The van der Waals surface area contributed by atoms with Crippen LogP contribution in [0.1, 0.15) is 20.3 Å². The summed E-state index contributed by atoms with van der Waals surface area (Å²) in [5, 5.41) is 6.33. The molecule has 0 amide bonds. The van der Waals surface area contributed by atoms with Crippen LogP contribution in [0.4, 0.5) is 0 Å². The van der Waals surface area contributed by atoms with E-state index in [0.717, 1.165) is 24.5 Å². The van der Waals surface area contributed by atoms with E-state index < -0.39 is 0 Å². The second-order valence-corrected chi connectivity index (χ2v) is 3.23. The van der Waals surface area contributed by atoms with Gasteiger partial charge in [0.2, 0.25) is 0 Å². The lowest BCUT2D eigenvalue weighted by Gasteiger charge is -2.14. The molecule has 0 unspecified atom stereocenters. The van der Waals surface area contributed by atoms with Crippen molar-refractivity contribution in [3.05, 3.63) is 12.4 Å². The number of thiol groups is 1. The number of hydrogen-bond donors (Lipinski definition) is 3. The molecule has 0 aliphatic rings. The highest BCUT2D eigenvalue weighted by Gasteiger charge is 1.93. The molecule has 0 rings (SSSR count). The van der Waals surface area contributed by atoms with Crippen molar-refractivity contribution in [1.29, 1.82) is 0 Å². The van der Waals surface area contributed by atoms with E-state index in [4.69, 9.17) is 0 Å². The van der Waals surface area contributed by atoms with Crippen molar-refractivity contribution in [3.63, 3.8) is 0 Å². The molecular weight excluding hydrogens is 156 g/mol. The minimum atomic E-state index is 0.450. The summed E-state index contributed by atoms with van der Waals surface area (Å²) < 4.78 is 0. The fraction of sp³-hybridized carbons (Fsp3) is 0.750. The summed E-state index contributed by atoms with van der Waals surface area (Å²) in [5.74, 6) is 1.82. The maximum Gasteiger partial charge on any atom is 0.0914 e. The van der Waals surface area contributed by atoms with Crippen LogP contribution < -0.4 is 10.6 Å². The molecular formula is C8H18N2S. The van der Waals surface area contributed by atoms with E-state index in [2.05, 4.69) is 43.7 Å². The second kappa shape index (κ2) is 6.40. The summed E-state index contributed by atoms with van der Waals surface area (Å²) >= 11 is 4.10. The first-order valence-corrected chi connectivity index (χ1v) is 4.60. The summed E-state index contributed by atoms with van der Waals surface area (Å²) in [6.45, 7) is 8.94. The quantitative estimate of drug-likeness (QED) is 0.418. The first-order chi connectivity index (χ1) is 5.16. The van der Waals surface area contributed by atoms with Gasteiger partial charge in [0.15, 0.2) is 0 Å². The lowest BCUT2D eigenvalue weighted by molar-refractivity contribution is 0.608. The van der Waals surface area contributed by atoms with E-state index in [1.54, 1.807) is 0 Å². The fourth-order valence-corrected chi connectivity index (χ4v) is 0.876. The van der Waals surface area contributed by atoms with E-state index >= 15 is 0 Å². The summed E-state index contributed by atoms with van der Waals surface area (Å²) in [5.41, 5.74) is 0. The molecule has 66 valence electrons. The minimum Gasteiger partial charge on any atom is -0.372 e. The molecule has 11 heavy (non-hydrogen) atoms. The van der Waals surface area contributed by atoms with E-state index in [9.17, 15) is 0 Å². The highest BCUT2D eigenvalue weighted by molar-refractivity contribution is 7.80. The Balaban J connectivity index is 3.23. The Morgan fingerprint density at radius 1 is 1.55 bits per heavy atom. The summed E-state index contributed by atoms with van der Waals surface area (Å²) in [7, 11) is 0. The van der Waals surface area contributed by atoms with Gasteiger partial charge in [0.1, 0.15) is 0 Å². The predicted octanol–water partition coefficient (Wildman–Crippen LogP) is 1.37. The Morgan fingerprint density at radius 2 is 2.18 bits per heavy atom. The van der Waals surface area contributed by atoms with Crippen molar-refractivity contribution in [2.75, 3.05) is 12.3 Å². The molecule has 0 aliphatic heterocycles. The van der Waals surface area contributed by atoms with E-state index in [0.29, 0.717) is 6.04 Å². The van der Waals surface area contributed by atoms with Crippen LogP contribution in [0.25, 0.3) is 0 Å². The van der Waals surface area contributed by atoms with Crippen molar-refractivity contribution in [2.24, 2.45) is 0 Å². The third kappa shape index (κ3) is 7.59. The Morgan fingerprint density at radius 3 is 2.64 bits per heavy atom. The molecule has 3 heteroatoms. The van der Waals surface area contributed by atoms with Gasteiger partial charge in [0.05, 0.1) is 5.82 Å². The van der Waals surface area contributed by atoms with Crippen LogP contribution in [0, 0.1) is 0 Å². The predicted molar refractivity (Wildman–Crippen MR) is 53.9 cm³/mol. The van der Waals surface area contributed by atoms with Gasteiger partial charge in [0.25, 0.3) is 0 Å². The van der Waals surface area contributed by atoms with Crippen LogP contribution in [0.5, 0.6) is 0 Å². The van der Waals surface area contributed by atoms with Gasteiger partial charge in [-0.15, -0.1) is 0 Å². The minimum absolute atomic E-state index is 0.450. The van der Waals surface area contributed by atoms with Crippen molar-refractivity contribution in [1.82, 2.24) is 10.6 Å². The first kappa shape index (κ1) is 10.7. The largest absolute Gasteiger partial charge is 0.372 e. The zero-order valence-electron chi connectivity index (χ0n) is 7.35. The number of nitrogens with one attached hydrogen (secondary N) is 2. The summed E-state index contributed by atoms with van der Waals surface area (Å²) in [6.07, 6.45) is 1.07. The highest BCUT2D eigenvalue weighted by Crippen LogP contribution is 1.85. The Labute approximate surface area is 74.9 Å². The van der Waals surface area contributed by atoms with E-state index in [1.165, 1.54) is 0 Å². The smallest absolute Gasteiger partial charge is 0.0914 e. The third-order valence-corrected chi connectivity index (χ3v) is 1.45. The molecule has 0 aliphatic carbocycles. The van der Waals surface area contributed by atoms with Crippen molar-refractivity contribution < 1.29 is 0 Å². The van der Waals surface area contributed by atoms with Gasteiger partial charge < -0.3 is 10.6 Å². The van der Waals surface area contributed by atoms with Crippen molar-refractivity contribution in [2.45, 2.75) is 26.3 Å². The molecule has 0 radical (unpaired) electrons. The van der Waals surface area contributed by atoms with Gasteiger partial charge in [-0.25, -0.2) is 0 Å². The van der Waals surface area contributed by atoms with Gasteiger partial charge in [-0.05, 0) is 26.0 Å². The zero-order valence-corrected chi connectivity index (χ0v) is 8.25. The van der Waals surface area contributed by atoms with Crippen LogP contribution >= 0.6 is 12.6 Å². The molecule has 0 fully saturated rings. The molecule has 0 aromatic heterocycles. The average Bonchev–Trinajstić information content (AvgIpc) is 1.86. The standard InChI is InChI=1S/C8H18N2S/c1-7(2)10-8(3)9-5-4-6-11/h7,9-11H,3-6H2,1-2H3. The fourth-order valence-electron chi connectivity index (χ4n) is 0.718. The molecule has 0 bridgehead atoms. The SMILES string of the molecule is C=C(NCCCS)NC(C)C. The normalized spacial score (nSPS) is 9.82. The molecule has 0 spiro atoms. The lowest BCUT2D eigenvalue weighted by Crippen LogP contribution is -2.31. The van der Waals surface area contributed by atoms with E-state index in [-0.39, 0.29) is 0 Å². The zero-order chi connectivity index (χ0) is 8.69. The molecule has 0 aromatic rings. The Kier molecular flexibility index (Phi) is 6.22. The molecule has 2 N–H and O–H groups in total. The van der Waals surface area contributed by atoms with Gasteiger partial charge in [-0.1, -0.05) is 6.58 Å². The third-order valence-electron chi connectivity index (χ3n) is 1.14. The maximum absolute atomic E-state index is 4.10. The van der Waals surface area contributed by atoms with Gasteiger partial charge >= 0.3 is 0 Å². The molecule has 0 aromatic carbocycles. The van der Waals surface area contributed by atoms with Crippen molar-refractivity contribution in [3.8, 4) is 0 Å². The van der Waals surface area contributed by atoms with Crippen LogP contribution in [-0.4, -0.2) is 18.3 Å². The van der Waals surface area contributed by atoms with Gasteiger partial charge in [-0.3, -0.25) is 0 Å². The molecule has 0 heterocycles. The topological polar surface area (TPSA) is 24.1 Å². The van der Waals surface area contributed by atoms with Crippen LogP contribution in [0.15, 0.2) is 12.4 Å². The first-order valence-electron chi connectivity index (χ1n) is 3.97. The van der Waals surface area contributed by atoms with Crippen molar-refractivity contribution >= 4 is 12.6 Å². The Bertz CT molecular complexity index is 113. The molecule has 0 saturated carbocycles. The molecule has 0 atom stereocenters. The lowest BCUT2D eigenvalue weighted by atomic mass is 10.4. The monoisotopic (exact) mass is 174 g/mol. The van der Waals surface area contributed by atoms with Crippen LogP contribution in [0.2, 0.25) is 0 Å². The van der Waals surface area contributed by atoms with Gasteiger partial charge in [-0.2, -0.15) is 12.6 Å². The number of hydrogen-bond acceptors (Lipinski definition) is 3. The van der Waals surface area contributed by atoms with Crippen LogP contribution in [0.3, 0.4) is 0 Å². The average molecular weight is 174 g/mol. The molecule has 2 nitrogen and oxygen atoms in total. The van der Waals surface area contributed by atoms with E-state index in [1.807, 2.05) is 0 Å². The summed E-state index contributed by atoms with van der Waals surface area (Å²) in [4.78, 5) is 0. The molecule has 0 saturated heterocycles. The maximum atomic E-state index is 4.10. The summed E-state index contributed by atoms with van der Waals surface area (Å²) in [6, 6.07) is 0.450. The Hall–Kier alpha value is -0.310. The second-order valence-electron chi connectivity index (χ2n) is 2.78. The highest BCUT2D eigenvalue weighted by atomic mass is 32.1.